The molecule has 0 unspecified atom stereocenters. The molecule has 0 aliphatic heterocycles. The Kier molecular flexibility index (Phi) is 4.15. The summed E-state index contributed by atoms with van der Waals surface area (Å²) in [6.45, 7) is 1.93. The van der Waals surface area contributed by atoms with E-state index in [0.29, 0.717) is 23.4 Å². The molecule has 1 aromatic carbocycles. The average Bonchev–Trinajstić information content (AvgIpc) is 3.28. The van der Waals surface area contributed by atoms with Crippen LogP contribution in [0.5, 0.6) is 5.75 Å². The zero-order valence-electron chi connectivity index (χ0n) is 14.9. The smallest absolute Gasteiger partial charge is 0.291 e. The number of nitrogens with one attached hydrogen (secondary N) is 1. The lowest BCUT2D eigenvalue weighted by Crippen LogP contribution is -2.37. The minimum absolute atomic E-state index is 0.294. The van der Waals surface area contributed by atoms with Crippen LogP contribution >= 0.6 is 0 Å². The Morgan fingerprint density at radius 3 is 2.93 bits per heavy atom. The summed E-state index contributed by atoms with van der Waals surface area (Å²) in [5.74, 6) is 0.382. The van der Waals surface area contributed by atoms with Crippen LogP contribution in [0.3, 0.4) is 0 Å². The number of benzene rings is 1. The summed E-state index contributed by atoms with van der Waals surface area (Å²) in [5, 5.41) is 6.98. The highest BCUT2D eigenvalue weighted by Crippen LogP contribution is 2.19. The number of fused-ring (bicyclic) bond motifs is 3. The van der Waals surface area contributed by atoms with Gasteiger partial charge in [0.25, 0.3) is 5.56 Å². The van der Waals surface area contributed by atoms with E-state index in [0.717, 1.165) is 11.1 Å². The van der Waals surface area contributed by atoms with Gasteiger partial charge in [0.2, 0.25) is 5.91 Å². The molecule has 8 heteroatoms. The van der Waals surface area contributed by atoms with Gasteiger partial charge in [-0.25, -0.2) is 4.68 Å². The molecule has 0 aliphatic carbocycles. The van der Waals surface area contributed by atoms with Crippen LogP contribution < -0.4 is 15.6 Å². The summed E-state index contributed by atoms with van der Waals surface area (Å²) < 4.78 is 13.4. The molecule has 8 nitrogen and oxygen atoms in total. The van der Waals surface area contributed by atoms with Gasteiger partial charge in [0, 0.05) is 24.2 Å². The summed E-state index contributed by atoms with van der Waals surface area (Å²) >= 11 is 0. The first-order chi connectivity index (χ1) is 13.1. The van der Waals surface area contributed by atoms with Gasteiger partial charge >= 0.3 is 0 Å². The van der Waals surface area contributed by atoms with E-state index in [9.17, 15) is 9.59 Å². The first kappa shape index (κ1) is 16.9. The number of carbonyl (C=O) groups excluding carboxylic acids is 1. The van der Waals surface area contributed by atoms with E-state index in [1.54, 1.807) is 36.8 Å². The number of ether oxygens (including phenoxy) is 1. The molecule has 0 radical (unpaired) electrons. The molecule has 1 N–H and O–H groups in total. The summed E-state index contributed by atoms with van der Waals surface area (Å²) in [4.78, 5) is 25.3. The number of para-hydroxylation sites is 1. The Labute approximate surface area is 154 Å². The number of hydrogen-bond donors (Lipinski definition) is 1. The van der Waals surface area contributed by atoms with Crippen LogP contribution in [0, 0.1) is 0 Å². The predicted molar refractivity (Wildman–Crippen MR) is 98.8 cm³/mol. The molecule has 0 saturated carbocycles. The van der Waals surface area contributed by atoms with E-state index in [1.807, 2.05) is 24.3 Å². The third-order valence-electron chi connectivity index (χ3n) is 4.57. The molecule has 4 aromatic rings. The van der Waals surface area contributed by atoms with Crippen molar-refractivity contribution in [3.63, 3.8) is 0 Å². The second-order valence-corrected chi connectivity index (χ2v) is 6.16. The predicted octanol–water partition coefficient (Wildman–Crippen LogP) is 2.13. The summed E-state index contributed by atoms with van der Waals surface area (Å²) in [6.07, 6.45) is 3.06. The van der Waals surface area contributed by atoms with E-state index >= 15 is 0 Å². The number of amides is 1. The number of aromatic nitrogens is 3. The number of furan rings is 1. The third-order valence-corrected chi connectivity index (χ3v) is 4.57. The molecule has 0 fully saturated rings. The number of methoxy groups -OCH3 is 1. The average molecular weight is 366 g/mol. The lowest BCUT2D eigenvalue weighted by atomic mass is 10.2. The van der Waals surface area contributed by atoms with Gasteiger partial charge in [-0.3, -0.25) is 14.0 Å². The second-order valence-electron chi connectivity index (χ2n) is 6.16. The number of rotatable bonds is 5. The fourth-order valence-electron chi connectivity index (χ4n) is 3.08. The molecule has 1 atom stereocenters. The van der Waals surface area contributed by atoms with Crippen LogP contribution in [0.15, 0.2) is 58.2 Å². The van der Waals surface area contributed by atoms with Crippen molar-refractivity contribution in [1.29, 1.82) is 0 Å². The zero-order valence-corrected chi connectivity index (χ0v) is 14.9. The monoisotopic (exact) mass is 366 g/mol. The van der Waals surface area contributed by atoms with E-state index in [4.69, 9.17) is 9.15 Å². The second kappa shape index (κ2) is 6.64. The van der Waals surface area contributed by atoms with Gasteiger partial charge in [0.1, 0.15) is 23.6 Å². The fourth-order valence-corrected chi connectivity index (χ4v) is 3.08. The first-order valence-corrected chi connectivity index (χ1v) is 8.46. The Balaban J connectivity index is 1.58. The number of carbonyl (C=O) groups is 1. The topological polar surface area (TPSA) is 90.8 Å². The lowest BCUT2D eigenvalue weighted by Gasteiger charge is -2.15. The van der Waals surface area contributed by atoms with E-state index in [1.165, 1.54) is 11.0 Å². The number of nitrogens with zero attached hydrogens (tertiary/aromatic N) is 3. The van der Waals surface area contributed by atoms with Crippen molar-refractivity contribution >= 4 is 22.5 Å². The fraction of sp³-hybridized carbons (Fsp3) is 0.211. The summed E-state index contributed by atoms with van der Waals surface area (Å²) in [7, 11) is 1.58. The van der Waals surface area contributed by atoms with Crippen molar-refractivity contribution in [3.8, 4) is 5.75 Å². The SMILES string of the molecule is COc1ccccc1CNC(=O)[C@@H](C)n1ncn2c(cc3occc32)c1=O. The molecule has 0 bridgehead atoms. The van der Waals surface area contributed by atoms with Crippen LogP contribution in [-0.2, 0) is 11.3 Å². The Morgan fingerprint density at radius 2 is 2.11 bits per heavy atom. The van der Waals surface area contributed by atoms with Crippen molar-refractivity contribution in [2.75, 3.05) is 7.11 Å². The van der Waals surface area contributed by atoms with Crippen LogP contribution in [0.2, 0.25) is 0 Å². The Hall–Kier alpha value is -3.55. The van der Waals surface area contributed by atoms with Crippen molar-refractivity contribution in [2.24, 2.45) is 0 Å². The van der Waals surface area contributed by atoms with Crippen LogP contribution in [-0.4, -0.2) is 27.2 Å². The largest absolute Gasteiger partial charge is 0.496 e. The van der Waals surface area contributed by atoms with Gasteiger partial charge in [-0.15, -0.1) is 0 Å². The third kappa shape index (κ3) is 2.84. The first-order valence-electron chi connectivity index (χ1n) is 8.46. The molecule has 3 aromatic heterocycles. The van der Waals surface area contributed by atoms with E-state index in [2.05, 4.69) is 10.4 Å². The van der Waals surface area contributed by atoms with E-state index < -0.39 is 6.04 Å². The molecule has 27 heavy (non-hydrogen) atoms. The molecular formula is C19H18N4O4. The van der Waals surface area contributed by atoms with Crippen molar-refractivity contribution in [2.45, 2.75) is 19.5 Å². The highest BCUT2D eigenvalue weighted by atomic mass is 16.5. The van der Waals surface area contributed by atoms with Gasteiger partial charge in [-0.2, -0.15) is 5.10 Å². The lowest BCUT2D eigenvalue weighted by molar-refractivity contribution is -0.124. The minimum Gasteiger partial charge on any atom is -0.496 e. The van der Waals surface area contributed by atoms with Crippen molar-refractivity contribution in [3.05, 3.63) is 64.9 Å². The van der Waals surface area contributed by atoms with Crippen molar-refractivity contribution in [1.82, 2.24) is 19.5 Å². The molecule has 138 valence electrons. The Morgan fingerprint density at radius 1 is 1.30 bits per heavy atom. The van der Waals surface area contributed by atoms with Crippen LogP contribution in [0.25, 0.3) is 16.6 Å². The maximum absolute atomic E-state index is 12.8. The quantitative estimate of drug-likeness (QED) is 0.584. The molecule has 0 aliphatic rings. The van der Waals surface area contributed by atoms with Crippen LogP contribution in [0.4, 0.5) is 0 Å². The van der Waals surface area contributed by atoms with Crippen molar-refractivity contribution < 1.29 is 13.9 Å². The minimum atomic E-state index is -0.765. The molecule has 0 saturated heterocycles. The zero-order chi connectivity index (χ0) is 19.0. The molecule has 0 spiro atoms. The summed E-state index contributed by atoms with van der Waals surface area (Å²) in [5.41, 5.74) is 2.26. The van der Waals surface area contributed by atoms with Gasteiger partial charge in [0.15, 0.2) is 5.58 Å². The van der Waals surface area contributed by atoms with Gasteiger partial charge in [-0.1, -0.05) is 18.2 Å². The summed E-state index contributed by atoms with van der Waals surface area (Å²) in [6, 6.07) is 10.1. The highest BCUT2D eigenvalue weighted by molar-refractivity contribution is 5.82. The molecule has 4 rings (SSSR count). The maximum atomic E-state index is 12.8. The Bertz CT molecular complexity index is 1190. The van der Waals surface area contributed by atoms with Gasteiger partial charge < -0.3 is 14.5 Å². The number of hydrogen-bond acceptors (Lipinski definition) is 5. The highest BCUT2D eigenvalue weighted by Gasteiger charge is 2.20. The molecule has 1 amide bonds. The van der Waals surface area contributed by atoms with Gasteiger partial charge in [-0.05, 0) is 13.0 Å². The standard InChI is InChI=1S/C19H18N4O4/c1-12(18(24)20-10-13-5-3-4-6-16(13)26-2)23-19(25)15-9-17-14(7-8-27-17)22(15)11-21-23/h3-9,11-12H,10H2,1-2H3,(H,20,24)/t12-/m1/s1. The van der Waals surface area contributed by atoms with E-state index in [-0.39, 0.29) is 11.5 Å². The maximum Gasteiger partial charge on any atom is 0.291 e. The van der Waals surface area contributed by atoms with Gasteiger partial charge in [0.05, 0.1) is 18.9 Å². The normalized spacial score (nSPS) is 12.4. The molecular weight excluding hydrogens is 348 g/mol. The molecule has 3 heterocycles. The van der Waals surface area contributed by atoms with Crippen LogP contribution in [0.1, 0.15) is 18.5 Å².